The van der Waals surface area contributed by atoms with Gasteiger partial charge in [0.2, 0.25) is 0 Å². The third kappa shape index (κ3) is 5.05. The molecule has 0 N–H and O–H groups in total. The first-order valence-electron chi connectivity index (χ1n) is 12.4. The minimum atomic E-state index is -0.701. The molecule has 0 spiro atoms. The summed E-state index contributed by atoms with van der Waals surface area (Å²) in [5, 5.41) is 11.3. The molecule has 9 nitrogen and oxygen atoms in total. The molecule has 0 amide bonds. The summed E-state index contributed by atoms with van der Waals surface area (Å²) >= 11 is 2.80. The van der Waals surface area contributed by atoms with Crippen LogP contribution >= 0.6 is 23.1 Å². The van der Waals surface area contributed by atoms with Gasteiger partial charge in [-0.25, -0.2) is 9.79 Å². The summed E-state index contributed by atoms with van der Waals surface area (Å²) in [6, 6.07) is 15.0. The van der Waals surface area contributed by atoms with Crippen LogP contribution < -0.4 is 14.9 Å². The van der Waals surface area contributed by atoms with Crippen molar-refractivity contribution in [2.24, 2.45) is 4.99 Å². The molecule has 0 radical (unpaired) electrons. The molecule has 4 aromatic rings. The number of thiazole rings is 1. The number of thioether (sulfide) groups is 1. The van der Waals surface area contributed by atoms with Crippen LogP contribution in [0.15, 0.2) is 85.0 Å². The Kier molecular flexibility index (Phi) is 7.59. The lowest BCUT2D eigenvalue weighted by atomic mass is 9.96. The van der Waals surface area contributed by atoms with Gasteiger partial charge in [0.15, 0.2) is 4.80 Å². The monoisotopic (exact) mass is 575 g/mol. The number of hydrogen-bond donors (Lipinski definition) is 0. The Labute approximate surface area is 237 Å². The quantitative estimate of drug-likeness (QED) is 0.132. The fourth-order valence-electron chi connectivity index (χ4n) is 4.59. The molecular formula is C29H25N3O6S2. The number of furan rings is 1. The number of carbonyl (C=O) groups excluding carboxylic acids is 1. The number of esters is 1. The van der Waals surface area contributed by atoms with Gasteiger partial charge < -0.3 is 9.15 Å². The summed E-state index contributed by atoms with van der Waals surface area (Å²) in [7, 11) is 0. The van der Waals surface area contributed by atoms with Crippen molar-refractivity contribution in [3.05, 3.63) is 113 Å². The van der Waals surface area contributed by atoms with E-state index in [-0.39, 0.29) is 17.9 Å². The number of hydrogen-bond acceptors (Lipinski definition) is 9. The highest BCUT2D eigenvalue weighted by atomic mass is 32.2. The van der Waals surface area contributed by atoms with Crippen molar-refractivity contribution in [1.29, 1.82) is 0 Å². The van der Waals surface area contributed by atoms with Gasteiger partial charge in [0.05, 0.1) is 33.4 Å². The smallest absolute Gasteiger partial charge is 0.338 e. The Bertz CT molecular complexity index is 1850. The van der Waals surface area contributed by atoms with Gasteiger partial charge in [-0.1, -0.05) is 29.5 Å². The van der Waals surface area contributed by atoms with E-state index < -0.39 is 16.9 Å². The lowest BCUT2D eigenvalue weighted by Gasteiger charge is -2.24. The van der Waals surface area contributed by atoms with Crippen LogP contribution in [0.2, 0.25) is 0 Å². The predicted octanol–water partition coefficient (Wildman–Crippen LogP) is 5.00. The van der Waals surface area contributed by atoms with Crippen LogP contribution in [0.5, 0.6) is 0 Å². The van der Waals surface area contributed by atoms with Crippen molar-refractivity contribution in [3.8, 4) is 11.3 Å². The number of nitrogens with zero attached hydrogens (tertiary/aromatic N) is 3. The highest BCUT2D eigenvalue weighted by molar-refractivity contribution is 7.98. The fraction of sp³-hybridized carbons (Fsp3) is 0.207. The van der Waals surface area contributed by atoms with Gasteiger partial charge in [-0.05, 0) is 62.4 Å². The number of nitro benzene ring substituents is 1. The Morgan fingerprint density at radius 1 is 1.20 bits per heavy atom. The van der Waals surface area contributed by atoms with Gasteiger partial charge in [0.25, 0.3) is 11.2 Å². The molecule has 2 aromatic heterocycles. The molecule has 5 rings (SSSR count). The molecule has 1 aliphatic heterocycles. The normalized spacial score (nSPS) is 15.1. The van der Waals surface area contributed by atoms with Crippen LogP contribution in [-0.4, -0.2) is 28.3 Å². The van der Waals surface area contributed by atoms with Crippen LogP contribution in [0.3, 0.4) is 0 Å². The van der Waals surface area contributed by atoms with Gasteiger partial charge >= 0.3 is 5.97 Å². The summed E-state index contributed by atoms with van der Waals surface area (Å²) in [5.74, 6) is 0.348. The highest BCUT2D eigenvalue weighted by Gasteiger charge is 2.33. The Morgan fingerprint density at radius 2 is 1.95 bits per heavy atom. The van der Waals surface area contributed by atoms with Crippen molar-refractivity contribution < 1.29 is 18.9 Å². The molecule has 0 aliphatic carbocycles. The van der Waals surface area contributed by atoms with Crippen LogP contribution in [-0.2, 0) is 9.53 Å². The van der Waals surface area contributed by atoms with Crippen LogP contribution in [0.4, 0.5) is 5.69 Å². The first kappa shape index (κ1) is 27.4. The molecule has 2 aromatic carbocycles. The van der Waals surface area contributed by atoms with Gasteiger partial charge in [-0.2, -0.15) is 0 Å². The Balaban J connectivity index is 1.62. The lowest BCUT2D eigenvalue weighted by molar-refractivity contribution is -0.384. The third-order valence-corrected chi connectivity index (χ3v) is 8.27. The van der Waals surface area contributed by atoms with E-state index in [0.717, 1.165) is 16.0 Å². The minimum Gasteiger partial charge on any atom is -0.463 e. The first-order chi connectivity index (χ1) is 19.2. The minimum absolute atomic E-state index is 0.0369. The number of non-ortho nitro benzene ring substituents is 1. The molecule has 0 saturated carbocycles. The van der Waals surface area contributed by atoms with E-state index in [0.29, 0.717) is 37.7 Å². The second kappa shape index (κ2) is 11.1. The SMILES string of the molecule is CCOC(=O)C1=C(C)N=c2s/c(=C\c3ccc(-c4cc([N+](=O)[O-])ccc4C)o3)c(=O)n2C1c1ccc(SC)cc1. The van der Waals surface area contributed by atoms with Crippen molar-refractivity contribution in [2.75, 3.05) is 12.9 Å². The van der Waals surface area contributed by atoms with Crippen LogP contribution in [0.25, 0.3) is 17.4 Å². The second-order valence-corrected chi connectivity index (χ2v) is 10.9. The van der Waals surface area contributed by atoms with E-state index in [1.165, 1.54) is 28.0 Å². The number of allylic oxidation sites excluding steroid dienone is 1. The summed E-state index contributed by atoms with van der Waals surface area (Å²) in [6.07, 6.45) is 3.60. The molecule has 1 atom stereocenters. The molecule has 0 saturated heterocycles. The first-order valence-corrected chi connectivity index (χ1v) is 14.4. The molecule has 1 aliphatic rings. The van der Waals surface area contributed by atoms with Crippen molar-refractivity contribution >= 4 is 40.8 Å². The van der Waals surface area contributed by atoms with E-state index in [9.17, 15) is 19.7 Å². The number of aryl methyl sites for hydroxylation is 1. The lowest BCUT2D eigenvalue weighted by Crippen LogP contribution is -2.39. The molecule has 204 valence electrons. The zero-order valence-corrected chi connectivity index (χ0v) is 23.8. The van der Waals surface area contributed by atoms with Gasteiger partial charge in [0, 0.05) is 28.7 Å². The van der Waals surface area contributed by atoms with Crippen molar-refractivity contribution in [2.45, 2.75) is 31.7 Å². The highest BCUT2D eigenvalue weighted by Crippen LogP contribution is 2.32. The third-order valence-electron chi connectivity index (χ3n) is 6.55. The topological polar surface area (TPSA) is 117 Å². The maximum absolute atomic E-state index is 13.8. The molecule has 40 heavy (non-hydrogen) atoms. The number of carbonyl (C=O) groups is 1. The zero-order valence-electron chi connectivity index (χ0n) is 22.2. The molecule has 1 unspecified atom stereocenters. The largest absolute Gasteiger partial charge is 0.463 e. The maximum atomic E-state index is 13.8. The van der Waals surface area contributed by atoms with E-state index in [4.69, 9.17) is 9.15 Å². The van der Waals surface area contributed by atoms with Gasteiger partial charge in [0.1, 0.15) is 11.5 Å². The number of rotatable bonds is 7. The summed E-state index contributed by atoms with van der Waals surface area (Å²) in [5.41, 5.74) is 2.64. The molecular weight excluding hydrogens is 550 g/mol. The second-order valence-electron chi connectivity index (χ2n) is 9.03. The zero-order chi connectivity index (χ0) is 28.6. The number of ether oxygens (including phenoxy) is 1. The van der Waals surface area contributed by atoms with Gasteiger partial charge in [-0.15, -0.1) is 11.8 Å². The summed E-state index contributed by atoms with van der Waals surface area (Å²) in [4.78, 5) is 43.8. The molecule has 3 heterocycles. The Morgan fingerprint density at radius 3 is 2.62 bits per heavy atom. The number of fused-ring (bicyclic) bond motifs is 1. The average molecular weight is 576 g/mol. The number of nitro groups is 1. The predicted molar refractivity (Wildman–Crippen MR) is 154 cm³/mol. The Hall–Kier alpha value is -4.22. The summed E-state index contributed by atoms with van der Waals surface area (Å²) in [6.45, 7) is 5.52. The maximum Gasteiger partial charge on any atom is 0.338 e. The van der Waals surface area contributed by atoms with E-state index in [1.807, 2.05) is 37.4 Å². The average Bonchev–Trinajstić information content (AvgIpc) is 3.52. The number of aromatic nitrogens is 1. The molecule has 0 bridgehead atoms. The van der Waals surface area contributed by atoms with Crippen molar-refractivity contribution in [1.82, 2.24) is 4.57 Å². The molecule has 0 fully saturated rings. The number of benzene rings is 2. The van der Waals surface area contributed by atoms with Gasteiger partial charge in [-0.3, -0.25) is 19.5 Å². The summed E-state index contributed by atoms with van der Waals surface area (Å²) < 4.78 is 13.2. The van der Waals surface area contributed by atoms with E-state index in [1.54, 1.807) is 49.9 Å². The molecule has 11 heteroatoms. The van der Waals surface area contributed by atoms with E-state index >= 15 is 0 Å². The van der Waals surface area contributed by atoms with E-state index in [2.05, 4.69) is 4.99 Å². The van der Waals surface area contributed by atoms with Crippen LogP contribution in [0, 0.1) is 17.0 Å². The van der Waals surface area contributed by atoms with Crippen molar-refractivity contribution in [3.63, 3.8) is 0 Å². The standard InChI is InChI=1S/C29H25N3O6S2/c1-5-37-28(34)25-17(3)30-29-31(26(25)18-7-11-21(39-4)12-8-18)27(33)24(40-29)15-20-10-13-23(38-20)22-14-19(32(35)36)9-6-16(22)2/h6-15,26H,5H2,1-4H3/b24-15-. The fourth-order valence-corrected chi connectivity index (χ4v) is 6.02. The van der Waals surface area contributed by atoms with Crippen LogP contribution in [0.1, 0.15) is 36.8 Å².